The molecule has 0 aromatic carbocycles. The third kappa shape index (κ3) is 3.12. The van der Waals surface area contributed by atoms with Gasteiger partial charge in [-0.1, -0.05) is 27.7 Å². The molecule has 0 aromatic heterocycles. The summed E-state index contributed by atoms with van der Waals surface area (Å²) in [6.07, 6.45) is 10.6. The summed E-state index contributed by atoms with van der Waals surface area (Å²) in [6, 6.07) is 0. The van der Waals surface area contributed by atoms with Crippen LogP contribution in [0.5, 0.6) is 0 Å². The van der Waals surface area contributed by atoms with Crippen LogP contribution in [0.2, 0.25) is 0 Å². The molecule has 0 aromatic rings. The van der Waals surface area contributed by atoms with E-state index in [1.807, 2.05) is 21.3 Å². The minimum absolute atomic E-state index is 0.101. The van der Waals surface area contributed by atoms with Crippen LogP contribution >= 0.6 is 0 Å². The number of hydrogen-bond donors (Lipinski definition) is 1. The Kier molecular flexibility index (Phi) is 6.04. The van der Waals surface area contributed by atoms with Crippen LogP contribution in [0.3, 0.4) is 0 Å². The topological polar surface area (TPSA) is 57.2 Å². The maximum absolute atomic E-state index is 11.1. The van der Waals surface area contributed by atoms with Crippen molar-refractivity contribution in [1.29, 1.82) is 0 Å². The normalized spacial score (nSPS) is 57.1. The van der Waals surface area contributed by atoms with Crippen molar-refractivity contribution in [1.82, 2.24) is 0 Å². The van der Waals surface area contributed by atoms with Gasteiger partial charge in [-0.3, -0.25) is 0 Å². The summed E-state index contributed by atoms with van der Waals surface area (Å²) in [7, 11) is 5.67. The first-order valence-electron chi connectivity index (χ1n) is 15.6. The molecule has 5 nitrogen and oxygen atoms in total. The number of aliphatic hydroxyl groups is 1. The van der Waals surface area contributed by atoms with Gasteiger partial charge in [-0.05, 0) is 117 Å². The zero-order valence-electron chi connectivity index (χ0n) is 26.0. The summed E-state index contributed by atoms with van der Waals surface area (Å²) in [5.74, 6) is 1.42. The molecule has 6 fully saturated rings. The van der Waals surface area contributed by atoms with E-state index in [0.717, 1.165) is 38.5 Å². The second kappa shape index (κ2) is 8.21. The highest BCUT2D eigenvalue weighted by atomic mass is 16.6. The van der Waals surface area contributed by atoms with Gasteiger partial charge < -0.3 is 24.1 Å². The molecule has 2 spiro atoms. The SMILES string of the molecule is CO[C@H]1C[C@@]2(C)C3C[C@H](OC)[C@H]4C(C)(C)[C@@H](O)CCC45CC35CC[C@]2(C)[C@H]1[C@@]1(C)CC[C@@H](C(C)(C)OC)O1. The second-order valence-electron chi connectivity index (χ2n) is 16.5. The van der Waals surface area contributed by atoms with Crippen LogP contribution in [0.4, 0.5) is 0 Å². The molecule has 5 heteroatoms. The second-order valence-corrected chi connectivity index (χ2v) is 16.5. The van der Waals surface area contributed by atoms with Gasteiger partial charge in [-0.2, -0.15) is 0 Å². The molecule has 1 heterocycles. The van der Waals surface area contributed by atoms with Gasteiger partial charge in [-0.25, -0.2) is 0 Å². The number of methoxy groups -OCH3 is 3. The quantitative estimate of drug-likeness (QED) is 0.444. The van der Waals surface area contributed by atoms with E-state index >= 15 is 0 Å². The predicted molar refractivity (Wildman–Crippen MR) is 149 cm³/mol. The van der Waals surface area contributed by atoms with Crippen molar-refractivity contribution in [3.8, 4) is 0 Å². The first kappa shape index (κ1) is 27.9. The molecule has 1 aliphatic heterocycles. The smallest absolute Gasteiger partial charge is 0.0883 e. The molecular formula is C33H56O5. The number of aliphatic hydroxyl groups excluding tert-OH is 1. The zero-order chi connectivity index (χ0) is 27.7. The lowest BCUT2D eigenvalue weighted by Crippen LogP contribution is -2.62. The van der Waals surface area contributed by atoms with Crippen molar-refractivity contribution in [3.63, 3.8) is 0 Å². The Morgan fingerprint density at radius 1 is 0.789 bits per heavy atom. The Hall–Kier alpha value is -0.200. The van der Waals surface area contributed by atoms with Crippen molar-refractivity contribution >= 4 is 0 Å². The van der Waals surface area contributed by atoms with E-state index in [2.05, 4.69) is 48.5 Å². The third-order valence-electron chi connectivity index (χ3n) is 14.9. The molecule has 0 amide bonds. The highest BCUT2D eigenvalue weighted by molar-refractivity contribution is 5.33. The monoisotopic (exact) mass is 532 g/mol. The number of ether oxygens (including phenoxy) is 4. The fourth-order valence-corrected chi connectivity index (χ4v) is 12.6. The zero-order valence-corrected chi connectivity index (χ0v) is 26.0. The lowest BCUT2D eigenvalue weighted by atomic mass is 9.41. The number of hydrogen-bond acceptors (Lipinski definition) is 5. The van der Waals surface area contributed by atoms with Crippen LogP contribution in [-0.4, -0.2) is 62.1 Å². The van der Waals surface area contributed by atoms with Crippen molar-refractivity contribution in [3.05, 3.63) is 0 Å². The molecule has 38 heavy (non-hydrogen) atoms. The standard InChI is InChI=1S/C33H56O5/c1-27(2)23(34)11-14-33-19-32(33)16-15-29(5)26(31(7)13-12-24(38-31)28(3,4)37-10)21(36-9)18-30(29,6)22(32)17-20(35-8)25(27)33/h20-26,34H,11-19H2,1-10H3/t20-,21-,22?,23-,24-,25-,26-,29+,30-,31+,32?,33?/m0/s1. The Morgan fingerprint density at radius 3 is 2.11 bits per heavy atom. The van der Waals surface area contributed by atoms with E-state index in [1.54, 1.807) is 0 Å². The molecule has 5 aliphatic carbocycles. The van der Waals surface area contributed by atoms with E-state index in [4.69, 9.17) is 18.9 Å². The fraction of sp³-hybridized carbons (Fsp3) is 1.00. The molecule has 3 unspecified atom stereocenters. The molecule has 5 saturated carbocycles. The molecule has 218 valence electrons. The van der Waals surface area contributed by atoms with Crippen molar-refractivity contribution in [2.24, 2.45) is 44.8 Å². The maximum atomic E-state index is 11.1. The molecule has 0 bridgehead atoms. The molecule has 1 saturated heterocycles. The minimum Gasteiger partial charge on any atom is -0.393 e. The van der Waals surface area contributed by atoms with E-state index in [9.17, 15) is 5.11 Å². The summed E-state index contributed by atoms with van der Waals surface area (Å²) in [6.45, 7) is 16.6. The number of rotatable bonds is 5. The van der Waals surface area contributed by atoms with E-state index in [-0.39, 0.29) is 51.9 Å². The Morgan fingerprint density at radius 2 is 1.47 bits per heavy atom. The lowest BCUT2D eigenvalue weighted by molar-refractivity contribution is -0.218. The van der Waals surface area contributed by atoms with Gasteiger partial charge in [0.1, 0.15) is 0 Å². The lowest BCUT2D eigenvalue weighted by Gasteiger charge is -2.65. The minimum atomic E-state index is -0.289. The van der Waals surface area contributed by atoms with Gasteiger partial charge in [-0.15, -0.1) is 0 Å². The van der Waals surface area contributed by atoms with Gasteiger partial charge in [0.05, 0.1) is 35.6 Å². The fourth-order valence-electron chi connectivity index (χ4n) is 12.6. The average molecular weight is 533 g/mol. The van der Waals surface area contributed by atoms with E-state index < -0.39 is 0 Å². The third-order valence-corrected chi connectivity index (χ3v) is 14.9. The maximum Gasteiger partial charge on any atom is 0.0883 e. The van der Waals surface area contributed by atoms with Crippen molar-refractivity contribution < 1.29 is 24.1 Å². The van der Waals surface area contributed by atoms with Crippen LogP contribution in [0.25, 0.3) is 0 Å². The van der Waals surface area contributed by atoms with Gasteiger partial charge in [0.15, 0.2) is 0 Å². The largest absolute Gasteiger partial charge is 0.393 e. The van der Waals surface area contributed by atoms with Gasteiger partial charge >= 0.3 is 0 Å². The molecule has 6 rings (SSSR count). The predicted octanol–water partition coefficient (Wildman–Crippen LogP) is 6.40. The van der Waals surface area contributed by atoms with Crippen molar-refractivity contribution in [2.45, 2.75) is 142 Å². The van der Waals surface area contributed by atoms with Crippen LogP contribution in [0.1, 0.15) is 106 Å². The van der Waals surface area contributed by atoms with Crippen LogP contribution in [0.15, 0.2) is 0 Å². The summed E-state index contributed by atoms with van der Waals surface area (Å²) in [4.78, 5) is 0. The Balaban J connectivity index is 1.38. The first-order valence-corrected chi connectivity index (χ1v) is 15.6. The molecule has 1 N–H and O–H groups in total. The summed E-state index contributed by atoms with van der Waals surface area (Å²) in [5, 5.41) is 11.1. The highest BCUT2D eigenvalue weighted by Gasteiger charge is 2.85. The van der Waals surface area contributed by atoms with E-state index in [1.165, 1.54) is 19.3 Å². The average Bonchev–Trinajstić information content (AvgIpc) is 3.22. The summed E-state index contributed by atoms with van der Waals surface area (Å²) >= 11 is 0. The van der Waals surface area contributed by atoms with Crippen LogP contribution < -0.4 is 0 Å². The van der Waals surface area contributed by atoms with Gasteiger partial charge in [0, 0.05) is 27.2 Å². The molecular weight excluding hydrogens is 476 g/mol. The number of fused-ring (bicyclic) bond motifs is 2. The highest BCUT2D eigenvalue weighted by Crippen LogP contribution is 2.89. The molecule has 12 atom stereocenters. The Labute approximate surface area is 232 Å². The summed E-state index contributed by atoms with van der Waals surface area (Å²) in [5.41, 5.74) is 0.426. The van der Waals surface area contributed by atoms with E-state index in [0.29, 0.717) is 28.6 Å². The first-order chi connectivity index (χ1) is 17.6. The van der Waals surface area contributed by atoms with Crippen LogP contribution in [-0.2, 0) is 18.9 Å². The Bertz CT molecular complexity index is 963. The molecule has 0 radical (unpaired) electrons. The van der Waals surface area contributed by atoms with Crippen molar-refractivity contribution in [2.75, 3.05) is 21.3 Å². The van der Waals surface area contributed by atoms with Crippen LogP contribution in [0, 0.1) is 44.8 Å². The summed E-state index contributed by atoms with van der Waals surface area (Å²) < 4.78 is 25.8. The van der Waals surface area contributed by atoms with Gasteiger partial charge in [0.25, 0.3) is 0 Å². The van der Waals surface area contributed by atoms with Gasteiger partial charge in [0.2, 0.25) is 0 Å². The molecule has 6 aliphatic rings.